The maximum atomic E-state index is 12.9. The Bertz CT molecular complexity index is 424. The third-order valence-electron chi connectivity index (χ3n) is 8.04. The van der Waals surface area contributed by atoms with Gasteiger partial charge in [0, 0.05) is 0 Å². The minimum Gasteiger partial charge on any atom is -0.431 e. The van der Waals surface area contributed by atoms with Crippen molar-refractivity contribution in [3.63, 3.8) is 0 Å². The second-order valence-electron chi connectivity index (χ2n) is 12.0. The van der Waals surface area contributed by atoms with Crippen molar-refractivity contribution in [3.8, 4) is 0 Å². The zero-order valence-electron chi connectivity index (χ0n) is 26.7. The Balaban J connectivity index is 4.51. The van der Waals surface area contributed by atoms with E-state index in [0.29, 0.717) is 0 Å². The van der Waals surface area contributed by atoms with E-state index >= 15 is 0 Å². The molecule has 0 aromatic heterocycles. The molecule has 0 spiro atoms. The lowest BCUT2D eigenvalue weighted by Crippen LogP contribution is -2.24. The molecule has 0 saturated heterocycles. The fraction of sp³-hybridized carbons (Fsp3) is 0.971. The highest BCUT2D eigenvalue weighted by Gasteiger charge is 2.20. The molecule has 0 radical (unpaired) electrons. The number of hydrogen-bond acceptors (Lipinski definition) is 3. The molecule has 0 heterocycles. The van der Waals surface area contributed by atoms with E-state index in [1.54, 1.807) is 0 Å². The molecule has 0 aliphatic carbocycles. The fourth-order valence-electron chi connectivity index (χ4n) is 5.43. The van der Waals surface area contributed by atoms with Gasteiger partial charge in [-0.25, -0.2) is 4.79 Å². The predicted molar refractivity (Wildman–Crippen MR) is 167 cm³/mol. The summed E-state index contributed by atoms with van der Waals surface area (Å²) < 4.78 is 11.9. The van der Waals surface area contributed by atoms with Gasteiger partial charge >= 0.3 is 6.16 Å². The van der Waals surface area contributed by atoms with Crippen LogP contribution in [0.1, 0.15) is 207 Å². The zero-order chi connectivity index (χ0) is 27.9. The van der Waals surface area contributed by atoms with Gasteiger partial charge in [0.15, 0.2) is 0 Å². The molecule has 0 aromatic carbocycles. The standard InChI is InChI=1S/C35H70O3/c1-5-9-13-17-19-21-23-27-31-33(29-25-15-11-7-3)37-35(36)38-34(30-26-16-12-8-4)32-28-24-22-20-18-14-10-6-2/h33-34H,5-32H2,1-4H3. The van der Waals surface area contributed by atoms with Crippen molar-refractivity contribution >= 4 is 6.16 Å². The molecule has 0 aromatic rings. The Morgan fingerprint density at radius 1 is 0.368 bits per heavy atom. The molecule has 0 saturated carbocycles. The Kier molecular flexibility index (Phi) is 30.2. The number of ether oxygens (including phenoxy) is 2. The summed E-state index contributed by atoms with van der Waals surface area (Å²) in [6.07, 6.45) is 34.5. The second-order valence-corrected chi connectivity index (χ2v) is 12.0. The van der Waals surface area contributed by atoms with Gasteiger partial charge < -0.3 is 9.47 Å². The van der Waals surface area contributed by atoms with E-state index in [1.165, 1.54) is 128 Å². The SMILES string of the molecule is CCCCCCCCCCC(CCCCCC)OC(=O)OC(CCCCCC)CCCCCCCCCC. The lowest BCUT2D eigenvalue weighted by atomic mass is 10.0. The number of unbranched alkanes of at least 4 members (excludes halogenated alkanes) is 20. The van der Waals surface area contributed by atoms with Crippen molar-refractivity contribution < 1.29 is 14.3 Å². The normalized spacial score (nSPS) is 12.9. The van der Waals surface area contributed by atoms with Gasteiger partial charge in [-0.1, -0.05) is 156 Å². The van der Waals surface area contributed by atoms with Crippen LogP contribution >= 0.6 is 0 Å². The van der Waals surface area contributed by atoms with Crippen LogP contribution in [0, 0.1) is 0 Å². The molecule has 3 nitrogen and oxygen atoms in total. The quantitative estimate of drug-likeness (QED) is 0.0673. The Morgan fingerprint density at radius 2 is 0.579 bits per heavy atom. The second kappa shape index (κ2) is 30.8. The van der Waals surface area contributed by atoms with Crippen LogP contribution in [0.25, 0.3) is 0 Å². The topological polar surface area (TPSA) is 35.5 Å². The van der Waals surface area contributed by atoms with Crippen LogP contribution in [0.3, 0.4) is 0 Å². The average molecular weight is 539 g/mol. The first-order valence-corrected chi connectivity index (χ1v) is 17.5. The van der Waals surface area contributed by atoms with Crippen LogP contribution in [0.15, 0.2) is 0 Å². The first-order chi connectivity index (χ1) is 18.7. The molecule has 0 aliphatic heterocycles. The minimum absolute atomic E-state index is 0.0308. The Hall–Kier alpha value is -0.730. The van der Waals surface area contributed by atoms with E-state index in [1.807, 2.05) is 0 Å². The van der Waals surface area contributed by atoms with Crippen LogP contribution in [0.4, 0.5) is 4.79 Å². The summed E-state index contributed by atoms with van der Waals surface area (Å²) >= 11 is 0. The summed E-state index contributed by atoms with van der Waals surface area (Å²) in [5.74, 6) is 0. The maximum absolute atomic E-state index is 12.9. The lowest BCUT2D eigenvalue weighted by molar-refractivity contribution is -0.0121. The minimum atomic E-state index is -0.398. The number of rotatable bonds is 30. The van der Waals surface area contributed by atoms with Crippen molar-refractivity contribution in [1.29, 1.82) is 0 Å². The summed E-state index contributed by atoms with van der Waals surface area (Å²) in [6.45, 7) is 9.05. The largest absolute Gasteiger partial charge is 0.508 e. The molecule has 38 heavy (non-hydrogen) atoms. The highest BCUT2D eigenvalue weighted by atomic mass is 16.7. The van der Waals surface area contributed by atoms with E-state index in [2.05, 4.69) is 27.7 Å². The van der Waals surface area contributed by atoms with E-state index in [0.717, 1.165) is 51.4 Å². The van der Waals surface area contributed by atoms with Crippen LogP contribution in [0.5, 0.6) is 0 Å². The molecule has 3 heteroatoms. The molecule has 0 fully saturated rings. The van der Waals surface area contributed by atoms with Gasteiger partial charge in [0.1, 0.15) is 12.2 Å². The van der Waals surface area contributed by atoms with Gasteiger partial charge in [0.05, 0.1) is 0 Å². The molecule has 0 aliphatic rings. The Morgan fingerprint density at radius 3 is 0.842 bits per heavy atom. The molecule has 228 valence electrons. The van der Waals surface area contributed by atoms with Crippen molar-refractivity contribution in [1.82, 2.24) is 0 Å². The van der Waals surface area contributed by atoms with E-state index in [-0.39, 0.29) is 12.2 Å². The van der Waals surface area contributed by atoms with Crippen molar-refractivity contribution in [3.05, 3.63) is 0 Å². The van der Waals surface area contributed by atoms with Crippen LogP contribution in [-0.2, 0) is 9.47 Å². The maximum Gasteiger partial charge on any atom is 0.508 e. The van der Waals surface area contributed by atoms with Crippen LogP contribution in [0.2, 0.25) is 0 Å². The zero-order valence-corrected chi connectivity index (χ0v) is 26.7. The smallest absolute Gasteiger partial charge is 0.431 e. The third-order valence-corrected chi connectivity index (χ3v) is 8.04. The summed E-state index contributed by atoms with van der Waals surface area (Å²) in [6, 6.07) is 0. The summed E-state index contributed by atoms with van der Waals surface area (Å²) in [4.78, 5) is 12.9. The molecular formula is C35H70O3. The highest BCUT2D eigenvalue weighted by molar-refractivity contribution is 5.60. The lowest BCUT2D eigenvalue weighted by Gasteiger charge is -2.22. The molecule has 2 atom stereocenters. The third kappa shape index (κ3) is 26.9. The van der Waals surface area contributed by atoms with Crippen LogP contribution < -0.4 is 0 Å². The monoisotopic (exact) mass is 539 g/mol. The van der Waals surface area contributed by atoms with Crippen LogP contribution in [-0.4, -0.2) is 18.4 Å². The predicted octanol–water partition coefficient (Wildman–Crippen LogP) is 12.9. The van der Waals surface area contributed by atoms with Gasteiger partial charge in [-0.2, -0.15) is 0 Å². The Labute approximate surface area is 240 Å². The molecule has 2 unspecified atom stereocenters. The fourth-order valence-corrected chi connectivity index (χ4v) is 5.43. The van der Waals surface area contributed by atoms with Gasteiger partial charge in [0.25, 0.3) is 0 Å². The molecule has 0 bridgehead atoms. The molecular weight excluding hydrogens is 468 g/mol. The summed E-state index contributed by atoms with van der Waals surface area (Å²) in [7, 11) is 0. The molecule has 0 rings (SSSR count). The van der Waals surface area contributed by atoms with E-state index in [9.17, 15) is 4.79 Å². The number of carbonyl (C=O) groups excluding carboxylic acids is 1. The number of hydrogen-bond donors (Lipinski definition) is 0. The summed E-state index contributed by atoms with van der Waals surface area (Å²) in [5, 5.41) is 0. The highest BCUT2D eigenvalue weighted by Crippen LogP contribution is 2.20. The van der Waals surface area contributed by atoms with Gasteiger partial charge in [0.2, 0.25) is 0 Å². The molecule has 0 amide bonds. The first kappa shape index (κ1) is 37.3. The van der Waals surface area contributed by atoms with E-state index in [4.69, 9.17) is 9.47 Å². The van der Waals surface area contributed by atoms with Crippen molar-refractivity contribution in [2.24, 2.45) is 0 Å². The van der Waals surface area contributed by atoms with Gasteiger partial charge in [-0.05, 0) is 51.4 Å². The molecule has 0 N–H and O–H groups in total. The van der Waals surface area contributed by atoms with Gasteiger partial charge in [-0.15, -0.1) is 0 Å². The average Bonchev–Trinajstić information content (AvgIpc) is 2.91. The first-order valence-electron chi connectivity index (χ1n) is 17.5. The number of carbonyl (C=O) groups is 1. The van der Waals surface area contributed by atoms with Gasteiger partial charge in [-0.3, -0.25) is 0 Å². The van der Waals surface area contributed by atoms with Crippen molar-refractivity contribution in [2.75, 3.05) is 0 Å². The van der Waals surface area contributed by atoms with Crippen molar-refractivity contribution in [2.45, 2.75) is 220 Å². The summed E-state index contributed by atoms with van der Waals surface area (Å²) in [5.41, 5.74) is 0. The van der Waals surface area contributed by atoms with E-state index < -0.39 is 6.16 Å².